The number of Topliss-reactive ketones (excluding diaryl/α,β-unsaturated/α-hetero) is 1. The molecule has 1 aliphatic rings. The Morgan fingerprint density at radius 2 is 1.73 bits per heavy atom. The smallest absolute Gasteiger partial charge is 0.223 e. The molecular weight excluding hydrogens is 436 g/mol. The van der Waals surface area contributed by atoms with E-state index in [1.165, 1.54) is 0 Å². The van der Waals surface area contributed by atoms with Crippen LogP contribution in [0.3, 0.4) is 0 Å². The Kier molecular flexibility index (Phi) is 7.40. The van der Waals surface area contributed by atoms with Crippen molar-refractivity contribution >= 4 is 23.0 Å². The van der Waals surface area contributed by atoms with Crippen LogP contribution in [-0.4, -0.2) is 48.9 Å². The van der Waals surface area contributed by atoms with E-state index in [2.05, 4.69) is 5.38 Å². The molecule has 0 saturated carbocycles. The van der Waals surface area contributed by atoms with E-state index in [0.717, 1.165) is 29.1 Å². The molecule has 0 unspecified atom stereocenters. The molecule has 0 aliphatic carbocycles. The average Bonchev–Trinajstić information content (AvgIpc) is 3.37. The number of hydrogen-bond acceptors (Lipinski definition) is 6. The van der Waals surface area contributed by atoms with Crippen molar-refractivity contribution in [2.75, 3.05) is 27.3 Å². The average molecular weight is 465 g/mol. The van der Waals surface area contributed by atoms with Gasteiger partial charge in [-0.05, 0) is 31.0 Å². The summed E-state index contributed by atoms with van der Waals surface area (Å²) in [5.74, 6) is 1.80. The van der Waals surface area contributed by atoms with Crippen LogP contribution in [0.5, 0.6) is 11.5 Å². The number of carbonyl (C=O) groups excluding carboxylic acids is 2. The molecule has 7 heteroatoms. The van der Waals surface area contributed by atoms with Gasteiger partial charge in [0.05, 0.1) is 24.9 Å². The van der Waals surface area contributed by atoms with Crippen LogP contribution in [0.1, 0.15) is 47.0 Å². The molecule has 1 aromatic heterocycles. The molecule has 3 aromatic rings. The van der Waals surface area contributed by atoms with Crippen molar-refractivity contribution in [3.8, 4) is 22.8 Å². The van der Waals surface area contributed by atoms with Crippen molar-refractivity contribution in [3.63, 3.8) is 0 Å². The first-order valence-electron chi connectivity index (χ1n) is 11.1. The summed E-state index contributed by atoms with van der Waals surface area (Å²) in [4.78, 5) is 31.6. The third-order valence-corrected chi connectivity index (χ3v) is 7.07. The van der Waals surface area contributed by atoms with E-state index in [1.807, 2.05) is 41.3 Å². The Bertz CT molecular complexity index is 1100. The van der Waals surface area contributed by atoms with Gasteiger partial charge in [0, 0.05) is 48.4 Å². The van der Waals surface area contributed by atoms with Gasteiger partial charge in [0.25, 0.3) is 0 Å². The van der Waals surface area contributed by atoms with Crippen LogP contribution >= 0.6 is 11.3 Å². The molecule has 2 aromatic carbocycles. The molecule has 0 spiro atoms. The van der Waals surface area contributed by atoms with E-state index in [1.54, 1.807) is 37.7 Å². The van der Waals surface area contributed by atoms with Crippen molar-refractivity contribution in [1.29, 1.82) is 0 Å². The Hall–Kier alpha value is -3.19. The zero-order chi connectivity index (χ0) is 23.2. The predicted octanol–water partition coefficient (Wildman–Crippen LogP) is 5.20. The summed E-state index contributed by atoms with van der Waals surface area (Å²) in [6.07, 6.45) is 2.29. The van der Waals surface area contributed by atoms with Crippen LogP contribution in [-0.2, 0) is 4.79 Å². The zero-order valence-electron chi connectivity index (χ0n) is 19.0. The fourth-order valence-electron chi connectivity index (χ4n) is 4.13. The highest BCUT2D eigenvalue weighted by atomic mass is 32.1. The minimum Gasteiger partial charge on any atom is -0.493 e. The van der Waals surface area contributed by atoms with Crippen LogP contribution in [0.2, 0.25) is 0 Å². The lowest BCUT2D eigenvalue weighted by Gasteiger charge is -2.31. The van der Waals surface area contributed by atoms with Gasteiger partial charge in [0.1, 0.15) is 0 Å². The number of hydrogen-bond donors (Lipinski definition) is 0. The molecule has 1 saturated heterocycles. The number of amides is 1. The largest absolute Gasteiger partial charge is 0.493 e. The topological polar surface area (TPSA) is 68.7 Å². The first-order chi connectivity index (χ1) is 16.1. The van der Waals surface area contributed by atoms with Gasteiger partial charge in [-0.3, -0.25) is 9.59 Å². The number of likely N-dealkylation sites (tertiary alicyclic amines) is 1. The first kappa shape index (κ1) is 23.0. The number of methoxy groups -OCH3 is 2. The number of rotatable bonds is 8. The van der Waals surface area contributed by atoms with E-state index in [0.29, 0.717) is 36.1 Å². The minimum absolute atomic E-state index is 0.0179. The van der Waals surface area contributed by atoms with Gasteiger partial charge < -0.3 is 14.4 Å². The number of ether oxygens (including phenoxy) is 2. The maximum Gasteiger partial charge on any atom is 0.223 e. The summed E-state index contributed by atoms with van der Waals surface area (Å²) in [6, 6.07) is 15.0. The van der Waals surface area contributed by atoms with E-state index < -0.39 is 0 Å². The van der Waals surface area contributed by atoms with Crippen LogP contribution in [0.15, 0.2) is 53.9 Å². The van der Waals surface area contributed by atoms with Gasteiger partial charge in [-0.15, -0.1) is 11.3 Å². The molecule has 0 N–H and O–H groups in total. The van der Waals surface area contributed by atoms with Crippen molar-refractivity contribution in [1.82, 2.24) is 9.88 Å². The summed E-state index contributed by atoms with van der Waals surface area (Å²) >= 11 is 1.66. The molecule has 33 heavy (non-hydrogen) atoms. The van der Waals surface area contributed by atoms with Crippen LogP contribution in [0.4, 0.5) is 0 Å². The predicted molar refractivity (Wildman–Crippen MR) is 129 cm³/mol. The van der Waals surface area contributed by atoms with Gasteiger partial charge in [0.2, 0.25) is 5.91 Å². The number of nitrogens with zero attached hydrogens (tertiary/aromatic N) is 2. The summed E-state index contributed by atoms with van der Waals surface area (Å²) in [5, 5.41) is 3.18. The number of benzene rings is 2. The molecule has 2 heterocycles. The second-order valence-electron chi connectivity index (χ2n) is 8.09. The Balaban J connectivity index is 1.31. The van der Waals surface area contributed by atoms with Crippen LogP contribution < -0.4 is 9.47 Å². The SMILES string of the molecule is COc1ccc(-c2csc(C3CCN(C(=O)CCC(=O)c4ccccc4)CC3)n2)cc1OC. The highest BCUT2D eigenvalue weighted by molar-refractivity contribution is 7.10. The molecule has 0 atom stereocenters. The third-order valence-electron chi connectivity index (χ3n) is 6.06. The molecular formula is C26H28N2O4S. The molecule has 4 rings (SSSR count). The first-order valence-corrected chi connectivity index (χ1v) is 12.0. The summed E-state index contributed by atoms with van der Waals surface area (Å²) in [5.41, 5.74) is 2.58. The van der Waals surface area contributed by atoms with Crippen molar-refractivity contribution in [3.05, 3.63) is 64.5 Å². The Morgan fingerprint density at radius 1 is 1.00 bits per heavy atom. The highest BCUT2D eigenvalue weighted by Crippen LogP contribution is 2.36. The van der Waals surface area contributed by atoms with Gasteiger partial charge >= 0.3 is 0 Å². The van der Waals surface area contributed by atoms with E-state index in [-0.39, 0.29) is 24.5 Å². The molecule has 1 fully saturated rings. The quantitative estimate of drug-likeness (QED) is 0.429. The Labute approximate surface area is 198 Å². The maximum absolute atomic E-state index is 12.6. The van der Waals surface area contributed by atoms with Crippen LogP contribution in [0.25, 0.3) is 11.3 Å². The monoisotopic (exact) mass is 464 g/mol. The van der Waals surface area contributed by atoms with Crippen LogP contribution in [0, 0.1) is 0 Å². The molecule has 172 valence electrons. The number of ketones is 1. The van der Waals surface area contributed by atoms with Gasteiger partial charge in [-0.25, -0.2) is 4.98 Å². The summed E-state index contributed by atoms with van der Waals surface area (Å²) < 4.78 is 10.7. The van der Waals surface area contributed by atoms with E-state index >= 15 is 0 Å². The van der Waals surface area contributed by atoms with E-state index in [9.17, 15) is 9.59 Å². The number of aromatic nitrogens is 1. The summed E-state index contributed by atoms with van der Waals surface area (Å²) in [7, 11) is 3.25. The fourth-order valence-corrected chi connectivity index (χ4v) is 5.13. The molecule has 0 radical (unpaired) electrons. The van der Waals surface area contributed by atoms with Gasteiger partial charge in [-0.2, -0.15) is 0 Å². The normalized spacial score (nSPS) is 14.2. The third kappa shape index (κ3) is 5.42. The van der Waals surface area contributed by atoms with Crippen molar-refractivity contribution in [2.45, 2.75) is 31.6 Å². The van der Waals surface area contributed by atoms with E-state index in [4.69, 9.17) is 14.5 Å². The fraction of sp³-hybridized carbons (Fsp3) is 0.346. The molecule has 1 aliphatic heterocycles. The molecule has 0 bridgehead atoms. The lowest BCUT2D eigenvalue weighted by atomic mass is 9.97. The maximum atomic E-state index is 12.6. The standard InChI is InChI=1S/C26H28N2O4S/c1-31-23-10-8-20(16-24(23)32-2)21-17-33-26(27-21)19-12-14-28(15-13-19)25(30)11-9-22(29)18-6-4-3-5-7-18/h3-8,10,16-17,19H,9,11-15H2,1-2H3. The number of thiazole rings is 1. The lowest BCUT2D eigenvalue weighted by molar-refractivity contribution is -0.132. The minimum atomic E-state index is 0.0179. The number of carbonyl (C=O) groups is 2. The second-order valence-corrected chi connectivity index (χ2v) is 8.97. The van der Waals surface area contributed by atoms with Gasteiger partial charge in [0.15, 0.2) is 17.3 Å². The van der Waals surface area contributed by atoms with Crippen molar-refractivity contribution in [2.24, 2.45) is 0 Å². The Morgan fingerprint density at radius 3 is 2.42 bits per heavy atom. The zero-order valence-corrected chi connectivity index (χ0v) is 19.8. The van der Waals surface area contributed by atoms with Gasteiger partial charge in [-0.1, -0.05) is 30.3 Å². The summed E-state index contributed by atoms with van der Waals surface area (Å²) in [6.45, 7) is 1.41. The highest BCUT2D eigenvalue weighted by Gasteiger charge is 2.26. The molecule has 6 nitrogen and oxygen atoms in total. The lowest BCUT2D eigenvalue weighted by Crippen LogP contribution is -2.38. The van der Waals surface area contributed by atoms with Crippen molar-refractivity contribution < 1.29 is 19.1 Å². The number of piperidine rings is 1. The second kappa shape index (κ2) is 10.6. The molecule has 1 amide bonds.